The second-order valence-corrected chi connectivity index (χ2v) is 6.26. The van der Waals surface area contributed by atoms with Gasteiger partial charge in [0, 0.05) is 25.7 Å². The molecule has 3 rings (SSSR count). The van der Waals surface area contributed by atoms with Crippen LogP contribution < -0.4 is 5.32 Å². The Kier molecular flexibility index (Phi) is 3.73. The third-order valence-electron chi connectivity index (χ3n) is 4.59. The van der Waals surface area contributed by atoms with Crippen LogP contribution in [0.5, 0.6) is 0 Å². The molecule has 0 radical (unpaired) electrons. The Morgan fingerprint density at radius 1 is 1.52 bits per heavy atom. The molecule has 1 atom stereocenters. The van der Waals surface area contributed by atoms with Gasteiger partial charge < -0.3 is 19.8 Å². The minimum Gasteiger partial charge on any atom is -0.395 e. The van der Waals surface area contributed by atoms with E-state index < -0.39 is 0 Å². The van der Waals surface area contributed by atoms with Gasteiger partial charge in [0.15, 0.2) is 5.82 Å². The fraction of sp³-hybridized carbons (Fsp3) is 0.714. The first-order valence-electron chi connectivity index (χ1n) is 7.32. The van der Waals surface area contributed by atoms with Crippen molar-refractivity contribution in [2.24, 2.45) is 0 Å². The minimum atomic E-state index is -0.266. The highest BCUT2D eigenvalue weighted by Crippen LogP contribution is 2.48. The van der Waals surface area contributed by atoms with Crippen molar-refractivity contribution in [3.05, 3.63) is 11.8 Å². The van der Waals surface area contributed by atoms with Crippen molar-refractivity contribution in [2.75, 3.05) is 45.7 Å². The summed E-state index contributed by atoms with van der Waals surface area (Å²) in [6.45, 7) is 2.60. The standard InChI is InChI=1S/C14H22N4O3/c1-17-5-6-18(2)10(8-17)13(20)15-12-7-11(21-16-12)14(9-19)3-4-14/h7,10,19H,3-6,8-9H2,1-2H3,(H,15,16,20). The van der Waals surface area contributed by atoms with Crippen LogP contribution in [-0.4, -0.2) is 72.3 Å². The first-order valence-corrected chi connectivity index (χ1v) is 7.32. The predicted molar refractivity (Wildman–Crippen MR) is 77.0 cm³/mol. The molecule has 7 nitrogen and oxygen atoms in total. The number of aliphatic hydroxyl groups excluding tert-OH is 1. The van der Waals surface area contributed by atoms with Gasteiger partial charge in [-0.1, -0.05) is 5.16 Å². The number of piperazine rings is 1. The number of carbonyl (C=O) groups excluding carboxylic acids is 1. The van der Waals surface area contributed by atoms with Gasteiger partial charge >= 0.3 is 0 Å². The average Bonchev–Trinajstić information content (AvgIpc) is 3.14. The van der Waals surface area contributed by atoms with Crippen LogP contribution in [-0.2, 0) is 10.2 Å². The Labute approximate surface area is 123 Å². The van der Waals surface area contributed by atoms with Crippen molar-refractivity contribution in [2.45, 2.75) is 24.3 Å². The molecule has 0 aromatic carbocycles. The Balaban J connectivity index is 1.65. The normalized spacial score (nSPS) is 25.8. The zero-order chi connectivity index (χ0) is 15.0. The molecule has 21 heavy (non-hydrogen) atoms. The Morgan fingerprint density at radius 2 is 2.29 bits per heavy atom. The van der Waals surface area contributed by atoms with Crippen LogP contribution in [0.25, 0.3) is 0 Å². The Hall–Kier alpha value is -1.44. The van der Waals surface area contributed by atoms with Gasteiger partial charge in [-0.05, 0) is 26.9 Å². The van der Waals surface area contributed by atoms with E-state index in [9.17, 15) is 9.90 Å². The zero-order valence-corrected chi connectivity index (χ0v) is 12.5. The topological polar surface area (TPSA) is 81.8 Å². The van der Waals surface area contributed by atoms with E-state index in [2.05, 4.69) is 15.4 Å². The summed E-state index contributed by atoms with van der Waals surface area (Å²) in [4.78, 5) is 16.5. The van der Waals surface area contributed by atoms with Gasteiger partial charge in [0.25, 0.3) is 0 Å². The zero-order valence-electron chi connectivity index (χ0n) is 12.5. The molecule has 1 aromatic rings. The summed E-state index contributed by atoms with van der Waals surface area (Å²) in [6, 6.07) is 1.55. The second kappa shape index (κ2) is 5.40. The highest BCUT2D eigenvalue weighted by atomic mass is 16.5. The molecule has 1 unspecified atom stereocenters. The van der Waals surface area contributed by atoms with Crippen molar-refractivity contribution in [1.29, 1.82) is 0 Å². The summed E-state index contributed by atoms with van der Waals surface area (Å²) in [7, 11) is 3.97. The van der Waals surface area contributed by atoms with Gasteiger partial charge in [-0.2, -0.15) is 0 Å². The van der Waals surface area contributed by atoms with Crippen LogP contribution in [0.2, 0.25) is 0 Å². The molecule has 1 aliphatic carbocycles. The lowest BCUT2D eigenvalue weighted by atomic mass is 10.1. The fourth-order valence-corrected chi connectivity index (χ4v) is 2.72. The summed E-state index contributed by atoms with van der Waals surface area (Å²) in [6.07, 6.45) is 1.81. The van der Waals surface area contributed by atoms with E-state index in [4.69, 9.17) is 4.52 Å². The maximum absolute atomic E-state index is 12.4. The average molecular weight is 294 g/mol. The molecule has 2 aliphatic rings. The summed E-state index contributed by atoms with van der Waals surface area (Å²) >= 11 is 0. The highest BCUT2D eigenvalue weighted by Gasteiger charge is 2.47. The number of aliphatic hydroxyl groups is 1. The molecule has 2 fully saturated rings. The lowest BCUT2D eigenvalue weighted by Crippen LogP contribution is -2.55. The number of likely N-dealkylation sites (N-methyl/N-ethyl adjacent to an activating group) is 2. The number of carbonyl (C=O) groups is 1. The molecule has 2 heterocycles. The predicted octanol–water partition coefficient (Wildman–Crippen LogP) is -0.117. The van der Waals surface area contributed by atoms with Gasteiger partial charge in [-0.25, -0.2) is 0 Å². The molecule has 116 valence electrons. The SMILES string of the molecule is CN1CCN(C)C(C(=O)Nc2cc(C3(CO)CC3)on2)C1. The van der Waals surface area contributed by atoms with E-state index in [0.717, 1.165) is 25.9 Å². The van der Waals surface area contributed by atoms with Gasteiger partial charge in [0.2, 0.25) is 5.91 Å². The number of nitrogens with one attached hydrogen (secondary N) is 1. The van der Waals surface area contributed by atoms with Gasteiger partial charge in [-0.15, -0.1) is 0 Å². The van der Waals surface area contributed by atoms with Crippen LogP contribution in [0.1, 0.15) is 18.6 Å². The van der Waals surface area contributed by atoms with Gasteiger partial charge in [0.1, 0.15) is 11.8 Å². The smallest absolute Gasteiger partial charge is 0.244 e. The van der Waals surface area contributed by atoms with Crippen molar-refractivity contribution in [3.63, 3.8) is 0 Å². The molecule has 1 amide bonds. The molecule has 1 saturated heterocycles. The van der Waals surface area contributed by atoms with Crippen LogP contribution >= 0.6 is 0 Å². The number of aromatic nitrogens is 1. The first kappa shape index (κ1) is 14.5. The Morgan fingerprint density at radius 3 is 2.95 bits per heavy atom. The van der Waals surface area contributed by atoms with Crippen LogP contribution in [0, 0.1) is 0 Å². The number of amides is 1. The number of nitrogens with zero attached hydrogens (tertiary/aromatic N) is 3. The first-order chi connectivity index (χ1) is 10.0. The van der Waals surface area contributed by atoms with E-state index >= 15 is 0 Å². The van der Waals surface area contributed by atoms with E-state index in [-0.39, 0.29) is 24.0 Å². The van der Waals surface area contributed by atoms with Crippen LogP contribution in [0.15, 0.2) is 10.6 Å². The van der Waals surface area contributed by atoms with E-state index in [0.29, 0.717) is 18.1 Å². The highest BCUT2D eigenvalue weighted by molar-refractivity contribution is 5.94. The van der Waals surface area contributed by atoms with Crippen LogP contribution in [0.4, 0.5) is 5.82 Å². The number of hydrogen-bond acceptors (Lipinski definition) is 6. The summed E-state index contributed by atoms with van der Waals surface area (Å²) in [5.74, 6) is 1.02. The molecule has 1 aromatic heterocycles. The lowest BCUT2D eigenvalue weighted by Gasteiger charge is -2.36. The minimum absolute atomic E-state index is 0.0612. The van der Waals surface area contributed by atoms with Gasteiger partial charge in [0.05, 0.1) is 12.0 Å². The molecule has 0 spiro atoms. The Bertz CT molecular complexity index is 526. The molecule has 1 aliphatic heterocycles. The monoisotopic (exact) mass is 294 g/mol. The van der Waals surface area contributed by atoms with E-state index in [1.807, 2.05) is 19.0 Å². The third kappa shape index (κ3) is 2.81. The molecule has 7 heteroatoms. The number of rotatable bonds is 4. The van der Waals surface area contributed by atoms with Gasteiger partial charge in [-0.3, -0.25) is 9.69 Å². The lowest BCUT2D eigenvalue weighted by molar-refractivity contribution is -0.122. The molecule has 2 N–H and O–H groups in total. The molecular formula is C14H22N4O3. The number of anilines is 1. The summed E-state index contributed by atoms with van der Waals surface area (Å²) in [5, 5.41) is 16.1. The largest absolute Gasteiger partial charge is 0.395 e. The van der Waals surface area contributed by atoms with Crippen molar-refractivity contribution >= 4 is 11.7 Å². The molecular weight excluding hydrogens is 272 g/mol. The third-order valence-corrected chi connectivity index (χ3v) is 4.59. The quantitative estimate of drug-likeness (QED) is 0.806. The maximum atomic E-state index is 12.4. The second-order valence-electron chi connectivity index (χ2n) is 6.26. The van der Waals surface area contributed by atoms with Crippen LogP contribution in [0.3, 0.4) is 0 Å². The summed E-state index contributed by atoms with van der Waals surface area (Å²) in [5.41, 5.74) is -0.266. The molecule has 0 bridgehead atoms. The van der Waals surface area contributed by atoms with Crippen molar-refractivity contribution < 1.29 is 14.4 Å². The van der Waals surface area contributed by atoms with Crippen molar-refractivity contribution in [1.82, 2.24) is 15.0 Å². The van der Waals surface area contributed by atoms with E-state index in [1.54, 1.807) is 6.07 Å². The summed E-state index contributed by atoms with van der Waals surface area (Å²) < 4.78 is 5.27. The maximum Gasteiger partial charge on any atom is 0.244 e. The number of hydrogen-bond donors (Lipinski definition) is 2. The fourth-order valence-electron chi connectivity index (χ4n) is 2.72. The van der Waals surface area contributed by atoms with Crippen molar-refractivity contribution in [3.8, 4) is 0 Å². The molecule has 1 saturated carbocycles. The van der Waals surface area contributed by atoms with E-state index in [1.165, 1.54) is 0 Å².